The molecule has 0 N–H and O–H groups in total. The van der Waals surface area contributed by atoms with Crippen molar-refractivity contribution >= 4 is 21.6 Å². The third kappa shape index (κ3) is 4.46. The normalized spacial score (nSPS) is 11.1. The van der Waals surface area contributed by atoms with Crippen LogP contribution in [0.15, 0.2) is 83.8 Å². The van der Waals surface area contributed by atoms with E-state index in [1.54, 1.807) is 49.5 Å². The molecule has 0 atom stereocenters. The second-order valence-electron chi connectivity index (χ2n) is 6.59. The SMILES string of the molecule is CN(Cc1ccccc1F)C(=O)c1ccc(S(=O)(=O)N(C)c2ccccc2)cc1. The summed E-state index contributed by atoms with van der Waals surface area (Å²) in [5, 5.41) is 0. The summed E-state index contributed by atoms with van der Waals surface area (Å²) in [6.07, 6.45) is 0. The smallest absolute Gasteiger partial charge is 0.264 e. The molecule has 0 aliphatic carbocycles. The van der Waals surface area contributed by atoms with Crippen LogP contribution in [0.2, 0.25) is 0 Å². The second-order valence-corrected chi connectivity index (χ2v) is 8.55. The molecule has 0 saturated heterocycles. The molecule has 0 aromatic heterocycles. The molecule has 5 nitrogen and oxygen atoms in total. The Hall–Kier alpha value is -3.19. The van der Waals surface area contributed by atoms with E-state index in [1.165, 1.54) is 46.6 Å². The third-order valence-corrected chi connectivity index (χ3v) is 6.39. The molecular formula is C22H21FN2O3S. The molecule has 0 saturated carbocycles. The van der Waals surface area contributed by atoms with Gasteiger partial charge in [-0.1, -0.05) is 36.4 Å². The van der Waals surface area contributed by atoms with Crippen LogP contribution in [0.1, 0.15) is 15.9 Å². The number of carbonyl (C=O) groups excluding carboxylic acids is 1. The summed E-state index contributed by atoms with van der Waals surface area (Å²) < 4.78 is 40.6. The molecule has 150 valence electrons. The number of sulfonamides is 1. The molecule has 0 aliphatic heterocycles. The van der Waals surface area contributed by atoms with E-state index in [2.05, 4.69) is 0 Å². The van der Waals surface area contributed by atoms with E-state index in [1.807, 2.05) is 6.07 Å². The minimum atomic E-state index is -3.75. The number of carbonyl (C=O) groups is 1. The molecule has 0 bridgehead atoms. The van der Waals surface area contributed by atoms with Crippen LogP contribution >= 0.6 is 0 Å². The van der Waals surface area contributed by atoms with Crippen LogP contribution in [0.5, 0.6) is 0 Å². The van der Waals surface area contributed by atoms with Gasteiger partial charge in [0.2, 0.25) is 0 Å². The first kappa shape index (κ1) is 20.5. The Morgan fingerprint density at radius 1 is 0.862 bits per heavy atom. The van der Waals surface area contributed by atoms with Crippen LogP contribution in [0.25, 0.3) is 0 Å². The van der Waals surface area contributed by atoms with Crippen molar-refractivity contribution in [1.82, 2.24) is 4.90 Å². The Kier molecular flexibility index (Phi) is 5.98. The minimum absolute atomic E-state index is 0.0807. The topological polar surface area (TPSA) is 57.7 Å². The van der Waals surface area contributed by atoms with Gasteiger partial charge in [-0.05, 0) is 42.5 Å². The fraction of sp³-hybridized carbons (Fsp3) is 0.136. The van der Waals surface area contributed by atoms with Gasteiger partial charge in [-0.15, -0.1) is 0 Å². The summed E-state index contributed by atoms with van der Waals surface area (Å²) in [6, 6.07) is 20.7. The number of rotatable bonds is 6. The van der Waals surface area contributed by atoms with E-state index < -0.39 is 10.0 Å². The molecule has 3 aromatic carbocycles. The Balaban J connectivity index is 1.77. The number of anilines is 1. The van der Waals surface area contributed by atoms with Crippen molar-refractivity contribution in [1.29, 1.82) is 0 Å². The number of benzene rings is 3. The van der Waals surface area contributed by atoms with Crippen molar-refractivity contribution in [2.45, 2.75) is 11.4 Å². The molecule has 0 unspecified atom stereocenters. The van der Waals surface area contributed by atoms with Gasteiger partial charge in [-0.2, -0.15) is 0 Å². The number of hydrogen-bond donors (Lipinski definition) is 0. The number of halogens is 1. The van der Waals surface area contributed by atoms with Gasteiger partial charge >= 0.3 is 0 Å². The fourth-order valence-electron chi connectivity index (χ4n) is 2.88. The van der Waals surface area contributed by atoms with Gasteiger partial charge in [0.25, 0.3) is 15.9 Å². The van der Waals surface area contributed by atoms with E-state index in [9.17, 15) is 17.6 Å². The van der Waals surface area contributed by atoms with Gasteiger partial charge < -0.3 is 4.90 Å². The van der Waals surface area contributed by atoms with Crippen molar-refractivity contribution in [3.8, 4) is 0 Å². The molecule has 0 aliphatic rings. The summed E-state index contributed by atoms with van der Waals surface area (Å²) >= 11 is 0. The number of para-hydroxylation sites is 1. The lowest BCUT2D eigenvalue weighted by atomic mass is 10.1. The highest BCUT2D eigenvalue weighted by atomic mass is 32.2. The van der Waals surface area contributed by atoms with Crippen LogP contribution in [0, 0.1) is 5.82 Å². The molecular weight excluding hydrogens is 391 g/mol. The Labute approximate surface area is 170 Å². The summed E-state index contributed by atoms with van der Waals surface area (Å²) in [5.74, 6) is -0.703. The monoisotopic (exact) mass is 412 g/mol. The first-order chi connectivity index (χ1) is 13.8. The van der Waals surface area contributed by atoms with Gasteiger partial charge in [-0.25, -0.2) is 12.8 Å². The van der Waals surface area contributed by atoms with Crippen LogP contribution in [0.4, 0.5) is 10.1 Å². The average Bonchev–Trinajstić information content (AvgIpc) is 2.75. The molecule has 0 heterocycles. The van der Waals surface area contributed by atoms with Gasteiger partial charge in [0.1, 0.15) is 5.82 Å². The van der Waals surface area contributed by atoms with Gasteiger partial charge in [-0.3, -0.25) is 9.10 Å². The first-order valence-corrected chi connectivity index (χ1v) is 10.4. The van der Waals surface area contributed by atoms with Crippen molar-refractivity contribution in [2.75, 3.05) is 18.4 Å². The lowest BCUT2D eigenvalue weighted by Crippen LogP contribution is -2.28. The van der Waals surface area contributed by atoms with E-state index in [0.29, 0.717) is 16.8 Å². The molecule has 3 rings (SSSR count). The number of nitrogens with zero attached hydrogens (tertiary/aromatic N) is 2. The Morgan fingerprint density at radius 2 is 1.45 bits per heavy atom. The van der Waals surface area contributed by atoms with Crippen molar-refractivity contribution in [3.05, 3.63) is 95.8 Å². The van der Waals surface area contributed by atoms with Gasteiger partial charge in [0, 0.05) is 31.8 Å². The Morgan fingerprint density at radius 3 is 2.07 bits per heavy atom. The molecule has 0 spiro atoms. The molecule has 29 heavy (non-hydrogen) atoms. The largest absolute Gasteiger partial charge is 0.337 e. The fourth-order valence-corrected chi connectivity index (χ4v) is 4.07. The van der Waals surface area contributed by atoms with Crippen LogP contribution in [0.3, 0.4) is 0 Å². The summed E-state index contributed by atoms with van der Waals surface area (Å²) in [6.45, 7) is 0.113. The lowest BCUT2D eigenvalue weighted by Gasteiger charge is -2.20. The summed E-state index contributed by atoms with van der Waals surface area (Å²) in [4.78, 5) is 14.1. The zero-order valence-electron chi connectivity index (χ0n) is 16.1. The highest BCUT2D eigenvalue weighted by Gasteiger charge is 2.22. The van der Waals surface area contributed by atoms with Crippen LogP contribution < -0.4 is 4.31 Å². The maximum Gasteiger partial charge on any atom is 0.264 e. The van der Waals surface area contributed by atoms with E-state index in [-0.39, 0.29) is 23.2 Å². The van der Waals surface area contributed by atoms with Gasteiger partial charge in [0.15, 0.2) is 0 Å². The van der Waals surface area contributed by atoms with Crippen molar-refractivity contribution < 1.29 is 17.6 Å². The third-order valence-electron chi connectivity index (χ3n) is 4.59. The summed E-state index contributed by atoms with van der Waals surface area (Å²) in [5.41, 5.74) is 1.27. The standard InChI is InChI=1S/C22H21FN2O3S/c1-24(16-18-8-6-7-11-21(18)23)22(26)17-12-14-20(15-13-17)29(27,28)25(2)19-9-4-3-5-10-19/h3-15H,16H2,1-2H3. The molecule has 0 radical (unpaired) electrons. The zero-order chi connectivity index (χ0) is 21.0. The maximum atomic E-state index is 13.8. The highest BCUT2D eigenvalue weighted by molar-refractivity contribution is 7.92. The second kappa shape index (κ2) is 8.45. The summed E-state index contributed by atoms with van der Waals surface area (Å²) in [7, 11) is -0.700. The van der Waals surface area contributed by atoms with Crippen molar-refractivity contribution in [3.63, 3.8) is 0 Å². The zero-order valence-corrected chi connectivity index (χ0v) is 16.9. The average molecular weight is 412 g/mol. The molecule has 0 fully saturated rings. The predicted molar refractivity (Wildman–Crippen MR) is 111 cm³/mol. The number of hydrogen-bond acceptors (Lipinski definition) is 3. The number of amides is 1. The molecule has 1 amide bonds. The van der Waals surface area contributed by atoms with E-state index in [4.69, 9.17) is 0 Å². The Bertz CT molecular complexity index is 1100. The maximum absolute atomic E-state index is 13.8. The van der Waals surface area contributed by atoms with Crippen LogP contribution in [-0.2, 0) is 16.6 Å². The predicted octanol–water partition coefficient (Wildman–Crippen LogP) is 3.92. The van der Waals surface area contributed by atoms with E-state index >= 15 is 0 Å². The van der Waals surface area contributed by atoms with Crippen molar-refractivity contribution in [2.24, 2.45) is 0 Å². The van der Waals surface area contributed by atoms with Gasteiger partial charge in [0.05, 0.1) is 10.6 Å². The quantitative estimate of drug-likeness (QED) is 0.617. The van der Waals surface area contributed by atoms with Crippen LogP contribution in [-0.4, -0.2) is 33.3 Å². The first-order valence-electron chi connectivity index (χ1n) is 8.93. The molecule has 7 heteroatoms. The minimum Gasteiger partial charge on any atom is -0.337 e. The van der Waals surface area contributed by atoms with E-state index in [0.717, 1.165) is 0 Å². The molecule has 3 aromatic rings. The lowest BCUT2D eigenvalue weighted by molar-refractivity contribution is 0.0783. The highest BCUT2D eigenvalue weighted by Crippen LogP contribution is 2.22.